The first-order valence-corrected chi connectivity index (χ1v) is 11.2. The van der Waals surface area contributed by atoms with Gasteiger partial charge in [-0.05, 0) is 57.0 Å². The van der Waals surface area contributed by atoms with E-state index in [-0.39, 0.29) is 23.6 Å². The molecule has 2 rings (SSSR count). The first-order valence-electron chi connectivity index (χ1n) is 9.84. The molecule has 0 aliphatic rings. The second-order valence-electron chi connectivity index (χ2n) is 7.24. The lowest BCUT2D eigenvalue weighted by Gasteiger charge is -2.29. The van der Waals surface area contributed by atoms with Crippen molar-refractivity contribution in [2.75, 3.05) is 5.75 Å². The molecule has 29 heavy (non-hydrogen) atoms. The number of nitrogens with zero attached hydrogens (tertiary/aromatic N) is 1. The summed E-state index contributed by atoms with van der Waals surface area (Å²) in [5.41, 5.74) is 2.12. The number of nitrogens with one attached hydrogen (secondary N) is 1. The Kier molecular flexibility index (Phi) is 9.05. The standard InChI is InChI=1S/C23H29ClN2O2S/c1-5-17(3)25-23(28)18(4)26(14-19-8-10-20(24)11-9-19)22(27)15-29-21-12-6-16(2)7-13-21/h6-13,17-18H,5,14-15H2,1-4H3,(H,25,28). The van der Waals surface area contributed by atoms with Crippen molar-refractivity contribution in [1.82, 2.24) is 10.2 Å². The van der Waals surface area contributed by atoms with Crippen LogP contribution in [0.15, 0.2) is 53.4 Å². The number of hydrogen-bond donors (Lipinski definition) is 1. The van der Waals surface area contributed by atoms with E-state index in [1.807, 2.05) is 57.2 Å². The molecular formula is C23H29ClN2O2S. The molecule has 1 N–H and O–H groups in total. The fraction of sp³-hybridized carbons (Fsp3) is 0.391. The summed E-state index contributed by atoms with van der Waals surface area (Å²) in [6.45, 7) is 8.15. The molecule has 2 amide bonds. The van der Waals surface area contributed by atoms with Gasteiger partial charge < -0.3 is 10.2 Å². The summed E-state index contributed by atoms with van der Waals surface area (Å²) in [7, 11) is 0. The number of hydrogen-bond acceptors (Lipinski definition) is 3. The van der Waals surface area contributed by atoms with Gasteiger partial charge in [-0.25, -0.2) is 0 Å². The van der Waals surface area contributed by atoms with Crippen molar-refractivity contribution < 1.29 is 9.59 Å². The number of halogens is 1. The van der Waals surface area contributed by atoms with Gasteiger partial charge in [-0.15, -0.1) is 11.8 Å². The van der Waals surface area contributed by atoms with Crippen LogP contribution in [-0.4, -0.2) is 34.6 Å². The Morgan fingerprint density at radius 2 is 1.69 bits per heavy atom. The number of thioether (sulfide) groups is 1. The molecule has 0 heterocycles. The molecule has 156 valence electrons. The predicted octanol–water partition coefficient (Wildman–Crippen LogP) is 5.07. The van der Waals surface area contributed by atoms with Crippen molar-refractivity contribution in [1.29, 1.82) is 0 Å². The number of carbonyl (C=O) groups is 2. The van der Waals surface area contributed by atoms with Crippen molar-refractivity contribution in [3.8, 4) is 0 Å². The zero-order valence-electron chi connectivity index (χ0n) is 17.4. The van der Waals surface area contributed by atoms with E-state index in [0.29, 0.717) is 11.6 Å². The van der Waals surface area contributed by atoms with Crippen LogP contribution in [0, 0.1) is 6.92 Å². The highest BCUT2D eigenvalue weighted by atomic mass is 35.5. The van der Waals surface area contributed by atoms with Crippen LogP contribution in [0.4, 0.5) is 0 Å². The quantitative estimate of drug-likeness (QED) is 0.562. The molecule has 0 fully saturated rings. The maximum absolute atomic E-state index is 13.1. The van der Waals surface area contributed by atoms with Crippen LogP contribution in [-0.2, 0) is 16.1 Å². The molecule has 0 saturated carbocycles. The number of benzene rings is 2. The van der Waals surface area contributed by atoms with Crippen LogP contribution in [0.25, 0.3) is 0 Å². The number of rotatable bonds is 9. The van der Waals surface area contributed by atoms with Gasteiger partial charge in [-0.1, -0.05) is 48.4 Å². The Balaban J connectivity index is 2.13. The zero-order chi connectivity index (χ0) is 21.4. The first-order chi connectivity index (χ1) is 13.8. The normalized spacial score (nSPS) is 12.9. The Morgan fingerprint density at radius 1 is 1.07 bits per heavy atom. The van der Waals surface area contributed by atoms with Gasteiger partial charge in [0.15, 0.2) is 0 Å². The van der Waals surface area contributed by atoms with Gasteiger partial charge in [-0.2, -0.15) is 0 Å². The lowest BCUT2D eigenvalue weighted by atomic mass is 10.1. The van der Waals surface area contributed by atoms with Crippen LogP contribution in [0.5, 0.6) is 0 Å². The zero-order valence-corrected chi connectivity index (χ0v) is 19.0. The third-order valence-electron chi connectivity index (χ3n) is 4.82. The lowest BCUT2D eigenvalue weighted by molar-refractivity contribution is -0.138. The summed E-state index contributed by atoms with van der Waals surface area (Å²) >= 11 is 7.46. The molecule has 0 aromatic heterocycles. The van der Waals surface area contributed by atoms with Gasteiger partial charge in [0.2, 0.25) is 11.8 Å². The number of carbonyl (C=O) groups excluding carboxylic acids is 2. The number of amides is 2. The van der Waals surface area contributed by atoms with Crippen molar-refractivity contribution in [3.05, 3.63) is 64.7 Å². The average Bonchev–Trinajstić information content (AvgIpc) is 2.72. The molecule has 6 heteroatoms. The van der Waals surface area contributed by atoms with Crippen LogP contribution in [0.1, 0.15) is 38.3 Å². The van der Waals surface area contributed by atoms with Gasteiger partial charge in [0.1, 0.15) is 6.04 Å². The van der Waals surface area contributed by atoms with E-state index >= 15 is 0 Å². The molecule has 2 unspecified atom stereocenters. The van der Waals surface area contributed by atoms with E-state index in [4.69, 9.17) is 11.6 Å². The van der Waals surface area contributed by atoms with Crippen LogP contribution >= 0.6 is 23.4 Å². The second kappa shape index (κ2) is 11.3. The molecular weight excluding hydrogens is 404 g/mol. The Labute approximate surface area is 183 Å². The molecule has 0 aliphatic carbocycles. The third kappa shape index (κ3) is 7.41. The van der Waals surface area contributed by atoms with E-state index in [0.717, 1.165) is 16.9 Å². The third-order valence-corrected chi connectivity index (χ3v) is 6.07. The van der Waals surface area contributed by atoms with Crippen molar-refractivity contribution in [2.24, 2.45) is 0 Å². The summed E-state index contributed by atoms with van der Waals surface area (Å²) in [5, 5.41) is 3.62. The number of aryl methyl sites for hydroxylation is 1. The van der Waals surface area contributed by atoms with Gasteiger partial charge >= 0.3 is 0 Å². The smallest absolute Gasteiger partial charge is 0.242 e. The first kappa shape index (κ1) is 23.3. The van der Waals surface area contributed by atoms with Crippen LogP contribution < -0.4 is 5.32 Å². The Morgan fingerprint density at radius 3 is 2.28 bits per heavy atom. The van der Waals surface area contributed by atoms with Gasteiger partial charge in [0.25, 0.3) is 0 Å². The minimum Gasteiger partial charge on any atom is -0.352 e. The molecule has 4 nitrogen and oxygen atoms in total. The highest BCUT2D eigenvalue weighted by Gasteiger charge is 2.26. The highest BCUT2D eigenvalue weighted by molar-refractivity contribution is 8.00. The second-order valence-corrected chi connectivity index (χ2v) is 8.73. The topological polar surface area (TPSA) is 49.4 Å². The van der Waals surface area contributed by atoms with E-state index in [2.05, 4.69) is 5.32 Å². The van der Waals surface area contributed by atoms with Crippen LogP contribution in [0.3, 0.4) is 0 Å². The van der Waals surface area contributed by atoms with Crippen molar-refractivity contribution >= 4 is 35.2 Å². The summed E-state index contributed by atoms with van der Waals surface area (Å²) in [6.07, 6.45) is 0.840. The molecule has 0 bridgehead atoms. The molecule has 2 aromatic carbocycles. The molecule has 0 aliphatic heterocycles. The monoisotopic (exact) mass is 432 g/mol. The van der Waals surface area contributed by atoms with Crippen LogP contribution in [0.2, 0.25) is 5.02 Å². The minimum absolute atomic E-state index is 0.0689. The van der Waals surface area contributed by atoms with E-state index in [9.17, 15) is 9.59 Å². The van der Waals surface area contributed by atoms with Gasteiger partial charge in [0.05, 0.1) is 5.75 Å². The van der Waals surface area contributed by atoms with Crippen molar-refractivity contribution in [2.45, 2.75) is 57.6 Å². The summed E-state index contributed by atoms with van der Waals surface area (Å²) < 4.78 is 0. The maximum atomic E-state index is 13.1. The maximum Gasteiger partial charge on any atom is 0.242 e. The largest absolute Gasteiger partial charge is 0.352 e. The highest BCUT2D eigenvalue weighted by Crippen LogP contribution is 2.21. The average molecular weight is 433 g/mol. The SMILES string of the molecule is CCC(C)NC(=O)C(C)N(Cc1ccc(Cl)cc1)C(=O)CSc1ccc(C)cc1. The molecule has 0 radical (unpaired) electrons. The molecule has 2 atom stereocenters. The van der Waals surface area contributed by atoms with E-state index in [1.165, 1.54) is 17.3 Å². The Hall–Kier alpha value is -1.98. The molecule has 2 aromatic rings. The summed E-state index contributed by atoms with van der Waals surface area (Å²) in [4.78, 5) is 28.4. The molecule has 0 saturated heterocycles. The van der Waals surface area contributed by atoms with Crippen molar-refractivity contribution in [3.63, 3.8) is 0 Å². The lowest BCUT2D eigenvalue weighted by Crippen LogP contribution is -2.50. The fourth-order valence-corrected chi connectivity index (χ4v) is 3.61. The summed E-state index contributed by atoms with van der Waals surface area (Å²) in [6, 6.07) is 14.9. The van der Waals surface area contributed by atoms with E-state index < -0.39 is 6.04 Å². The fourth-order valence-electron chi connectivity index (χ4n) is 2.70. The minimum atomic E-state index is -0.564. The van der Waals surface area contributed by atoms with E-state index in [1.54, 1.807) is 24.0 Å². The van der Waals surface area contributed by atoms with Gasteiger partial charge in [-0.3, -0.25) is 9.59 Å². The summed E-state index contributed by atoms with van der Waals surface area (Å²) in [5.74, 6) is 0.0664. The Bertz CT molecular complexity index is 809. The molecule has 0 spiro atoms. The van der Waals surface area contributed by atoms with Gasteiger partial charge in [0, 0.05) is 22.5 Å². The predicted molar refractivity (Wildman–Crippen MR) is 121 cm³/mol.